The molecule has 11 heavy (non-hydrogen) atoms. The highest BCUT2D eigenvalue weighted by atomic mass is 15.3. The van der Waals surface area contributed by atoms with Gasteiger partial charge >= 0.3 is 0 Å². The van der Waals surface area contributed by atoms with Crippen molar-refractivity contribution in [1.29, 1.82) is 0 Å². The Morgan fingerprint density at radius 2 is 2.27 bits per heavy atom. The molecule has 58 valence electrons. The van der Waals surface area contributed by atoms with Crippen molar-refractivity contribution < 1.29 is 0 Å². The second-order valence-electron chi connectivity index (χ2n) is 3.08. The quantitative estimate of drug-likeness (QED) is 0.604. The Morgan fingerprint density at radius 1 is 1.45 bits per heavy atom. The van der Waals surface area contributed by atoms with Crippen LogP contribution < -0.4 is 0 Å². The van der Waals surface area contributed by atoms with E-state index in [0.717, 1.165) is 18.2 Å². The molecule has 0 unspecified atom stereocenters. The zero-order valence-electron chi connectivity index (χ0n) is 6.78. The minimum absolute atomic E-state index is 0.469. The van der Waals surface area contributed by atoms with Gasteiger partial charge in [0.05, 0.1) is 0 Å². The molecule has 2 rings (SSSR count). The van der Waals surface area contributed by atoms with Crippen LogP contribution in [0.15, 0.2) is 6.08 Å². The normalized spacial score (nSPS) is 14.5. The lowest BCUT2D eigenvalue weighted by Crippen LogP contribution is -2.02. The summed E-state index contributed by atoms with van der Waals surface area (Å²) in [6.45, 7) is 5.21. The molecule has 0 radical (unpaired) electrons. The number of hydrogen-bond donors (Lipinski definition) is 0. The average Bonchev–Trinajstić information content (AvgIpc) is 2.41. The largest absolute Gasteiger partial charge is 0.307 e. The van der Waals surface area contributed by atoms with Gasteiger partial charge in [0.1, 0.15) is 5.82 Å². The lowest BCUT2D eigenvalue weighted by Gasteiger charge is -2.04. The summed E-state index contributed by atoms with van der Waals surface area (Å²) in [5, 5.41) is 8.14. The van der Waals surface area contributed by atoms with E-state index in [1.807, 2.05) is 6.08 Å². The number of allylic oxidation sites excluding steroid dienone is 1. The van der Waals surface area contributed by atoms with Gasteiger partial charge in [-0.3, -0.25) is 0 Å². The van der Waals surface area contributed by atoms with Crippen LogP contribution in [0.4, 0.5) is 0 Å². The molecule has 3 nitrogen and oxygen atoms in total. The first kappa shape index (κ1) is 6.58. The van der Waals surface area contributed by atoms with Crippen LogP contribution in [0.25, 0.3) is 6.08 Å². The fraction of sp³-hybridized carbons (Fsp3) is 0.500. The van der Waals surface area contributed by atoms with Gasteiger partial charge in [0.15, 0.2) is 5.82 Å². The SMILES string of the molecule is CC(C)c1nnc2n1CC=C2. The van der Waals surface area contributed by atoms with Crippen molar-refractivity contribution in [3.63, 3.8) is 0 Å². The molecule has 0 amide bonds. The lowest BCUT2D eigenvalue weighted by molar-refractivity contribution is 0.683. The Bertz CT molecular complexity index is 296. The van der Waals surface area contributed by atoms with Crippen LogP contribution in [0, 0.1) is 0 Å². The third-order valence-corrected chi connectivity index (χ3v) is 1.88. The molecule has 0 saturated carbocycles. The number of nitrogens with zero attached hydrogens (tertiary/aromatic N) is 3. The zero-order chi connectivity index (χ0) is 7.84. The smallest absolute Gasteiger partial charge is 0.156 e. The highest BCUT2D eigenvalue weighted by molar-refractivity contribution is 5.44. The molecule has 0 aromatic carbocycles. The molecule has 0 N–H and O–H groups in total. The van der Waals surface area contributed by atoms with Crippen molar-refractivity contribution >= 4 is 6.08 Å². The molecule has 0 saturated heterocycles. The van der Waals surface area contributed by atoms with Crippen LogP contribution in [0.5, 0.6) is 0 Å². The summed E-state index contributed by atoms with van der Waals surface area (Å²) in [7, 11) is 0. The maximum absolute atomic E-state index is 4.10. The second kappa shape index (κ2) is 2.19. The molecule has 2 heterocycles. The molecule has 1 aliphatic heterocycles. The van der Waals surface area contributed by atoms with Crippen LogP contribution in [0.3, 0.4) is 0 Å². The molecule has 0 atom stereocenters. The van der Waals surface area contributed by atoms with Crippen LogP contribution >= 0.6 is 0 Å². The molecular weight excluding hydrogens is 138 g/mol. The van der Waals surface area contributed by atoms with Gasteiger partial charge in [0.2, 0.25) is 0 Å². The first-order valence-corrected chi connectivity index (χ1v) is 3.88. The van der Waals surface area contributed by atoms with Gasteiger partial charge < -0.3 is 4.57 Å². The third kappa shape index (κ3) is 0.878. The minimum Gasteiger partial charge on any atom is -0.307 e. The predicted octanol–water partition coefficient (Wildman–Crippen LogP) is 1.43. The fourth-order valence-corrected chi connectivity index (χ4v) is 1.33. The summed E-state index contributed by atoms with van der Waals surface area (Å²) >= 11 is 0. The van der Waals surface area contributed by atoms with Gasteiger partial charge in [0, 0.05) is 12.5 Å². The van der Waals surface area contributed by atoms with Gasteiger partial charge in [-0.25, -0.2) is 0 Å². The van der Waals surface area contributed by atoms with Crippen molar-refractivity contribution in [1.82, 2.24) is 14.8 Å². The van der Waals surface area contributed by atoms with Crippen molar-refractivity contribution in [3.05, 3.63) is 17.7 Å². The van der Waals surface area contributed by atoms with E-state index >= 15 is 0 Å². The average molecular weight is 149 g/mol. The summed E-state index contributed by atoms with van der Waals surface area (Å²) in [4.78, 5) is 0. The molecule has 1 aliphatic rings. The Morgan fingerprint density at radius 3 is 3.00 bits per heavy atom. The molecule has 0 spiro atoms. The predicted molar refractivity (Wildman–Crippen MR) is 43.1 cm³/mol. The maximum atomic E-state index is 4.10. The topological polar surface area (TPSA) is 30.7 Å². The van der Waals surface area contributed by atoms with E-state index in [2.05, 4.69) is 34.7 Å². The summed E-state index contributed by atoms with van der Waals surface area (Å²) < 4.78 is 2.14. The van der Waals surface area contributed by atoms with E-state index in [1.165, 1.54) is 0 Å². The summed E-state index contributed by atoms with van der Waals surface area (Å²) in [6.07, 6.45) is 4.12. The molecule has 0 aliphatic carbocycles. The third-order valence-electron chi connectivity index (χ3n) is 1.88. The molecule has 1 aromatic heterocycles. The van der Waals surface area contributed by atoms with E-state index < -0.39 is 0 Å². The number of rotatable bonds is 1. The number of aromatic nitrogens is 3. The summed E-state index contributed by atoms with van der Waals surface area (Å²) in [5.41, 5.74) is 0. The van der Waals surface area contributed by atoms with Gasteiger partial charge in [-0.1, -0.05) is 19.9 Å². The van der Waals surface area contributed by atoms with Gasteiger partial charge in [0.25, 0.3) is 0 Å². The van der Waals surface area contributed by atoms with E-state index in [9.17, 15) is 0 Å². The molecule has 0 bridgehead atoms. The Labute approximate surface area is 65.8 Å². The van der Waals surface area contributed by atoms with Crippen LogP contribution in [0.2, 0.25) is 0 Å². The highest BCUT2D eigenvalue weighted by Crippen LogP contribution is 2.17. The Hall–Kier alpha value is -1.12. The highest BCUT2D eigenvalue weighted by Gasteiger charge is 2.14. The van der Waals surface area contributed by atoms with Gasteiger partial charge in [-0.15, -0.1) is 10.2 Å². The van der Waals surface area contributed by atoms with Crippen molar-refractivity contribution in [3.8, 4) is 0 Å². The number of hydrogen-bond acceptors (Lipinski definition) is 2. The second-order valence-corrected chi connectivity index (χ2v) is 3.08. The summed E-state index contributed by atoms with van der Waals surface area (Å²) in [6, 6.07) is 0. The minimum atomic E-state index is 0.469. The first-order valence-electron chi connectivity index (χ1n) is 3.88. The Balaban J connectivity index is 2.47. The molecule has 1 aromatic rings. The zero-order valence-corrected chi connectivity index (χ0v) is 6.78. The fourth-order valence-electron chi connectivity index (χ4n) is 1.33. The molecule has 0 fully saturated rings. The van der Waals surface area contributed by atoms with Crippen molar-refractivity contribution in [2.24, 2.45) is 0 Å². The number of fused-ring (bicyclic) bond motifs is 1. The van der Waals surface area contributed by atoms with Crippen molar-refractivity contribution in [2.75, 3.05) is 0 Å². The lowest BCUT2D eigenvalue weighted by atomic mass is 10.2. The van der Waals surface area contributed by atoms with E-state index in [1.54, 1.807) is 0 Å². The van der Waals surface area contributed by atoms with Crippen LogP contribution in [0.1, 0.15) is 31.4 Å². The van der Waals surface area contributed by atoms with Crippen molar-refractivity contribution in [2.45, 2.75) is 26.3 Å². The van der Waals surface area contributed by atoms with Crippen LogP contribution in [-0.4, -0.2) is 14.8 Å². The maximum Gasteiger partial charge on any atom is 0.156 e. The molecule has 3 heteroatoms. The first-order chi connectivity index (χ1) is 5.29. The van der Waals surface area contributed by atoms with E-state index in [4.69, 9.17) is 0 Å². The van der Waals surface area contributed by atoms with Crippen LogP contribution in [-0.2, 0) is 6.54 Å². The monoisotopic (exact) mass is 149 g/mol. The van der Waals surface area contributed by atoms with Gasteiger partial charge in [-0.05, 0) is 6.08 Å². The van der Waals surface area contributed by atoms with E-state index in [-0.39, 0.29) is 0 Å². The Kier molecular flexibility index (Phi) is 1.31. The standard InChI is InChI=1S/C8H11N3/c1-6(2)8-10-9-7-4-3-5-11(7)8/h3-4,6H,5H2,1-2H3. The summed E-state index contributed by atoms with van der Waals surface area (Å²) in [5.74, 6) is 2.55. The van der Waals surface area contributed by atoms with Gasteiger partial charge in [-0.2, -0.15) is 0 Å². The van der Waals surface area contributed by atoms with E-state index in [0.29, 0.717) is 5.92 Å². The molecular formula is C8H11N3.